The first-order valence-electron chi connectivity index (χ1n) is 8.52. The summed E-state index contributed by atoms with van der Waals surface area (Å²) < 4.78 is 7.24. The molecule has 0 saturated carbocycles. The number of nitrogens with zero attached hydrogens (tertiary/aromatic N) is 2. The van der Waals surface area contributed by atoms with Crippen molar-refractivity contribution in [1.82, 2.24) is 9.78 Å². The summed E-state index contributed by atoms with van der Waals surface area (Å²) in [6.07, 6.45) is 2.22. The number of amides is 1. The Balaban J connectivity index is 1.72. The molecule has 6 heteroatoms. The second-order valence-corrected chi connectivity index (χ2v) is 6.58. The van der Waals surface area contributed by atoms with Crippen LogP contribution in [0.15, 0.2) is 54.7 Å². The first kappa shape index (κ1) is 16.7. The highest BCUT2D eigenvalue weighted by atomic mass is 35.5. The molecule has 3 aromatic rings. The van der Waals surface area contributed by atoms with Crippen molar-refractivity contribution in [3.8, 4) is 11.4 Å². The van der Waals surface area contributed by atoms with Crippen molar-refractivity contribution < 1.29 is 9.53 Å². The van der Waals surface area contributed by atoms with Crippen LogP contribution in [-0.2, 0) is 4.79 Å². The molecule has 1 aromatic heterocycles. The van der Waals surface area contributed by atoms with Gasteiger partial charge >= 0.3 is 0 Å². The maximum atomic E-state index is 12.3. The first-order chi connectivity index (χ1) is 12.7. The third kappa shape index (κ3) is 3.06. The van der Waals surface area contributed by atoms with Gasteiger partial charge in [0.15, 0.2) is 0 Å². The van der Waals surface area contributed by atoms with Crippen LogP contribution in [0.4, 0.5) is 5.82 Å². The minimum Gasteiger partial charge on any atom is -0.494 e. The highest BCUT2D eigenvalue weighted by Crippen LogP contribution is 2.38. The normalized spacial score (nSPS) is 16.1. The summed E-state index contributed by atoms with van der Waals surface area (Å²) in [5.41, 5.74) is 2.92. The summed E-state index contributed by atoms with van der Waals surface area (Å²) in [5, 5.41) is 8.10. The van der Waals surface area contributed by atoms with Crippen molar-refractivity contribution in [2.75, 3.05) is 11.9 Å². The number of carbonyl (C=O) groups is 1. The summed E-state index contributed by atoms with van der Waals surface area (Å²) in [6.45, 7) is 2.58. The number of halogens is 1. The van der Waals surface area contributed by atoms with Gasteiger partial charge in [0.2, 0.25) is 5.91 Å². The van der Waals surface area contributed by atoms with Gasteiger partial charge in [-0.1, -0.05) is 23.7 Å². The molecule has 2 heterocycles. The number of rotatable bonds is 4. The van der Waals surface area contributed by atoms with Crippen molar-refractivity contribution in [3.05, 3.63) is 70.9 Å². The second-order valence-electron chi connectivity index (χ2n) is 6.14. The molecule has 4 rings (SSSR count). The van der Waals surface area contributed by atoms with Gasteiger partial charge < -0.3 is 10.1 Å². The number of anilines is 1. The van der Waals surface area contributed by atoms with E-state index in [0.717, 1.165) is 22.6 Å². The fraction of sp³-hybridized carbons (Fsp3) is 0.200. The zero-order valence-corrected chi connectivity index (χ0v) is 15.0. The number of aromatic nitrogens is 2. The highest BCUT2D eigenvalue weighted by molar-refractivity contribution is 6.30. The van der Waals surface area contributed by atoms with E-state index in [-0.39, 0.29) is 11.8 Å². The molecule has 2 aromatic carbocycles. The van der Waals surface area contributed by atoms with Gasteiger partial charge in [0.1, 0.15) is 11.6 Å². The Morgan fingerprint density at radius 2 is 1.92 bits per heavy atom. The lowest BCUT2D eigenvalue weighted by Gasteiger charge is -2.24. The second kappa shape index (κ2) is 6.84. The van der Waals surface area contributed by atoms with Crippen molar-refractivity contribution in [1.29, 1.82) is 0 Å². The Kier molecular flexibility index (Phi) is 4.39. The molecule has 0 fully saturated rings. The summed E-state index contributed by atoms with van der Waals surface area (Å²) in [4.78, 5) is 12.3. The van der Waals surface area contributed by atoms with Crippen LogP contribution in [0.1, 0.15) is 30.4 Å². The van der Waals surface area contributed by atoms with Gasteiger partial charge in [-0.15, -0.1) is 0 Å². The Morgan fingerprint density at radius 1 is 1.19 bits per heavy atom. The molecule has 132 valence electrons. The molecular formula is C20H18ClN3O2. The molecule has 1 N–H and O–H groups in total. The summed E-state index contributed by atoms with van der Waals surface area (Å²) in [6, 6.07) is 15.3. The van der Waals surface area contributed by atoms with Gasteiger partial charge in [-0.25, -0.2) is 4.68 Å². The quantitative estimate of drug-likeness (QED) is 0.743. The predicted octanol–water partition coefficient (Wildman–Crippen LogP) is 4.40. The van der Waals surface area contributed by atoms with E-state index in [1.807, 2.05) is 49.5 Å². The van der Waals surface area contributed by atoms with Gasteiger partial charge in [0, 0.05) is 22.9 Å². The van der Waals surface area contributed by atoms with Crippen LogP contribution >= 0.6 is 11.6 Å². The van der Waals surface area contributed by atoms with Crippen molar-refractivity contribution >= 4 is 23.3 Å². The van der Waals surface area contributed by atoms with Gasteiger partial charge in [0.25, 0.3) is 0 Å². The molecule has 0 bridgehead atoms. The minimum atomic E-state index is -0.0320. The van der Waals surface area contributed by atoms with E-state index >= 15 is 0 Å². The number of fused-ring (bicyclic) bond motifs is 1. The van der Waals surface area contributed by atoms with Crippen LogP contribution in [0.25, 0.3) is 5.69 Å². The molecule has 1 amide bonds. The lowest BCUT2D eigenvalue weighted by atomic mass is 9.87. The number of hydrogen-bond acceptors (Lipinski definition) is 3. The molecule has 0 radical (unpaired) electrons. The summed E-state index contributed by atoms with van der Waals surface area (Å²) >= 11 is 5.97. The maximum Gasteiger partial charge on any atom is 0.226 e. The largest absolute Gasteiger partial charge is 0.494 e. The van der Waals surface area contributed by atoms with Crippen LogP contribution in [-0.4, -0.2) is 22.3 Å². The van der Waals surface area contributed by atoms with E-state index in [4.69, 9.17) is 16.3 Å². The van der Waals surface area contributed by atoms with Crippen LogP contribution < -0.4 is 10.1 Å². The maximum absolute atomic E-state index is 12.3. The number of benzene rings is 2. The molecule has 1 atom stereocenters. The molecule has 0 saturated heterocycles. The topological polar surface area (TPSA) is 56.1 Å². The van der Waals surface area contributed by atoms with Crippen molar-refractivity contribution in [2.45, 2.75) is 19.3 Å². The zero-order chi connectivity index (χ0) is 18.1. The summed E-state index contributed by atoms with van der Waals surface area (Å²) in [7, 11) is 0. The average molecular weight is 368 g/mol. The Bertz CT molecular complexity index is 933. The van der Waals surface area contributed by atoms with Gasteiger partial charge in [-0.3, -0.25) is 4.79 Å². The SMILES string of the molecule is CCOc1ccc(C2CC(=O)Nc3c2cnn3-c2ccc(Cl)cc2)cc1. The van der Waals surface area contributed by atoms with E-state index in [2.05, 4.69) is 10.4 Å². The van der Waals surface area contributed by atoms with E-state index in [1.54, 1.807) is 16.8 Å². The Morgan fingerprint density at radius 3 is 2.62 bits per heavy atom. The van der Waals surface area contributed by atoms with Crippen LogP contribution in [0.2, 0.25) is 5.02 Å². The van der Waals surface area contributed by atoms with Gasteiger partial charge in [0.05, 0.1) is 18.5 Å². The Hall–Kier alpha value is -2.79. The van der Waals surface area contributed by atoms with E-state index in [1.165, 1.54) is 0 Å². The number of carbonyl (C=O) groups excluding carboxylic acids is 1. The molecule has 1 aliphatic heterocycles. The minimum absolute atomic E-state index is 0.0212. The molecule has 0 aliphatic carbocycles. The van der Waals surface area contributed by atoms with Crippen molar-refractivity contribution in [2.24, 2.45) is 0 Å². The molecular weight excluding hydrogens is 350 g/mol. The lowest BCUT2D eigenvalue weighted by Crippen LogP contribution is -2.24. The molecule has 26 heavy (non-hydrogen) atoms. The Labute approximate surface area is 156 Å². The number of hydrogen-bond donors (Lipinski definition) is 1. The fourth-order valence-electron chi connectivity index (χ4n) is 3.26. The standard InChI is InChI=1S/C20H18ClN3O2/c1-2-26-16-9-3-13(4-10-16)17-11-19(25)23-20-18(17)12-22-24(20)15-7-5-14(21)6-8-15/h3-10,12,17H,2,11H2,1H3,(H,23,25). The molecule has 1 aliphatic rings. The molecule has 1 unspecified atom stereocenters. The summed E-state index contributed by atoms with van der Waals surface area (Å²) in [5.74, 6) is 1.48. The fourth-order valence-corrected chi connectivity index (χ4v) is 3.38. The average Bonchev–Trinajstić information content (AvgIpc) is 3.06. The predicted molar refractivity (Wildman–Crippen MR) is 101 cm³/mol. The monoisotopic (exact) mass is 367 g/mol. The van der Waals surface area contributed by atoms with E-state index in [9.17, 15) is 4.79 Å². The van der Waals surface area contributed by atoms with E-state index < -0.39 is 0 Å². The van der Waals surface area contributed by atoms with Crippen molar-refractivity contribution in [3.63, 3.8) is 0 Å². The van der Waals surface area contributed by atoms with Crippen LogP contribution in [0, 0.1) is 0 Å². The van der Waals surface area contributed by atoms with E-state index in [0.29, 0.717) is 23.9 Å². The highest BCUT2D eigenvalue weighted by Gasteiger charge is 2.30. The third-order valence-corrected chi connectivity index (χ3v) is 4.74. The van der Waals surface area contributed by atoms with Gasteiger partial charge in [-0.05, 0) is 48.9 Å². The van der Waals surface area contributed by atoms with Gasteiger partial charge in [-0.2, -0.15) is 5.10 Å². The number of nitrogens with one attached hydrogen (secondary N) is 1. The van der Waals surface area contributed by atoms with Crippen LogP contribution in [0.3, 0.4) is 0 Å². The zero-order valence-electron chi connectivity index (χ0n) is 14.3. The third-order valence-electron chi connectivity index (χ3n) is 4.48. The smallest absolute Gasteiger partial charge is 0.226 e. The van der Waals surface area contributed by atoms with Crippen LogP contribution in [0.5, 0.6) is 5.75 Å². The lowest BCUT2D eigenvalue weighted by molar-refractivity contribution is -0.116. The number of ether oxygens (including phenoxy) is 1. The first-order valence-corrected chi connectivity index (χ1v) is 8.90. The molecule has 0 spiro atoms. The molecule has 5 nitrogen and oxygen atoms in total.